The van der Waals surface area contributed by atoms with Gasteiger partial charge < -0.3 is 24.8 Å². The molecule has 2 aliphatic heterocycles. The second kappa shape index (κ2) is 13.5. The van der Waals surface area contributed by atoms with Gasteiger partial charge in [0.25, 0.3) is 0 Å². The average Bonchev–Trinajstić information content (AvgIpc) is 3.27. The van der Waals surface area contributed by atoms with Gasteiger partial charge in [0.05, 0.1) is 17.5 Å². The highest BCUT2D eigenvalue weighted by Crippen LogP contribution is 2.42. The van der Waals surface area contributed by atoms with Crippen LogP contribution in [0.25, 0.3) is 22.2 Å². The van der Waals surface area contributed by atoms with Crippen molar-refractivity contribution in [1.82, 2.24) is 24.9 Å². The molecule has 10 nitrogen and oxygen atoms in total. The van der Waals surface area contributed by atoms with Gasteiger partial charge >= 0.3 is 12.1 Å². The number of alkyl halides is 3. The minimum Gasteiger partial charge on any atom is -0.480 e. The molecule has 0 radical (unpaired) electrons. The fourth-order valence-electron chi connectivity index (χ4n) is 6.80. The minimum absolute atomic E-state index is 0.103. The van der Waals surface area contributed by atoms with E-state index in [9.17, 15) is 38.1 Å². The number of carboxylic acids is 1. The van der Waals surface area contributed by atoms with Crippen LogP contribution in [0.1, 0.15) is 69.4 Å². The molecule has 13 heteroatoms. The highest BCUT2D eigenvalue weighted by molar-refractivity contribution is 5.93. The topological polar surface area (TPSA) is 131 Å². The Balaban J connectivity index is 1.45. The third-order valence-electron chi connectivity index (χ3n) is 9.23. The number of nitrogens with one attached hydrogen (secondary N) is 1. The van der Waals surface area contributed by atoms with E-state index in [0.717, 1.165) is 5.56 Å². The Morgan fingerprint density at radius 3 is 2.51 bits per heavy atom. The molecule has 4 N–H and O–H groups in total. The molecule has 0 spiro atoms. The lowest BCUT2D eigenvalue weighted by Crippen LogP contribution is -2.57. The van der Waals surface area contributed by atoms with Gasteiger partial charge in [0.2, 0.25) is 5.91 Å². The molecule has 1 amide bonds. The number of carboxylic acid groups (broad SMARTS) is 1. The molecular weight excluding hydrogens is 615 g/mol. The number of likely N-dealkylation sites (tertiary alicyclic amines) is 1. The second-order valence-electron chi connectivity index (χ2n) is 13.9. The van der Waals surface area contributed by atoms with E-state index in [1.54, 1.807) is 18.2 Å². The first kappa shape index (κ1) is 34.8. The lowest BCUT2D eigenvalue weighted by Gasteiger charge is -2.42. The number of pyridine rings is 1. The largest absolute Gasteiger partial charge is 0.480 e. The van der Waals surface area contributed by atoms with Gasteiger partial charge in [0, 0.05) is 67.3 Å². The summed E-state index contributed by atoms with van der Waals surface area (Å²) in [6.07, 6.45) is -2.65. The molecule has 4 heterocycles. The van der Waals surface area contributed by atoms with Crippen molar-refractivity contribution in [3.05, 3.63) is 53.3 Å². The van der Waals surface area contributed by atoms with Crippen molar-refractivity contribution in [2.24, 2.45) is 11.3 Å². The lowest BCUT2D eigenvalue weighted by molar-refractivity contribution is -0.149. The number of benzene rings is 1. The number of halogens is 3. The number of hydrogen-bond acceptors (Lipinski definition) is 7. The van der Waals surface area contributed by atoms with Crippen LogP contribution < -0.4 is 5.43 Å². The van der Waals surface area contributed by atoms with Crippen molar-refractivity contribution in [2.75, 3.05) is 32.8 Å². The van der Waals surface area contributed by atoms with Crippen LogP contribution >= 0.6 is 0 Å². The fraction of sp³-hybridized carbons (Fsp3) is 0.559. The van der Waals surface area contributed by atoms with E-state index in [4.69, 9.17) is 0 Å². The minimum atomic E-state index is -4.52. The normalized spacial score (nSPS) is 19.5. The molecule has 0 saturated carbocycles. The number of aliphatic hydroxyl groups excluding tert-OH is 2. The van der Waals surface area contributed by atoms with Gasteiger partial charge in [-0.2, -0.15) is 13.2 Å². The second-order valence-corrected chi connectivity index (χ2v) is 13.9. The molecule has 2 aliphatic rings. The molecule has 2 saturated heterocycles. The molecule has 5 rings (SSSR count). The van der Waals surface area contributed by atoms with Crippen LogP contribution in [-0.4, -0.2) is 91.7 Å². The van der Waals surface area contributed by atoms with Gasteiger partial charge in [-0.05, 0) is 67.0 Å². The maximum atomic E-state index is 14.1. The third-order valence-corrected chi connectivity index (χ3v) is 9.23. The van der Waals surface area contributed by atoms with E-state index in [0.29, 0.717) is 73.2 Å². The van der Waals surface area contributed by atoms with Crippen LogP contribution in [0.2, 0.25) is 0 Å². The van der Waals surface area contributed by atoms with Gasteiger partial charge in [-0.1, -0.05) is 26.8 Å². The van der Waals surface area contributed by atoms with E-state index in [-0.39, 0.29) is 30.0 Å². The smallest absolute Gasteiger partial charge is 0.406 e. The van der Waals surface area contributed by atoms with E-state index < -0.39 is 36.3 Å². The van der Waals surface area contributed by atoms with Crippen LogP contribution in [0.5, 0.6) is 0 Å². The first-order chi connectivity index (χ1) is 22.1. The molecule has 3 aromatic rings. The molecule has 2 fully saturated rings. The van der Waals surface area contributed by atoms with E-state index >= 15 is 0 Å². The number of hydrazine groups is 1. The van der Waals surface area contributed by atoms with Crippen molar-refractivity contribution in [2.45, 2.75) is 77.7 Å². The summed E-state index contributed by atoms with van der Waals surface area (Å²) in [4.78, 5) is 30.9. The highest BCUT2D eigenvalue weighted by atomic mass is 19.4. The van der Waals surface area contributed by atoms with Crippen LogP contribution in [0.15, 0.2) is 36.5 Å². The lowest BCUT2D eigenvalue weighted by atomic mass is 9.83. The summed E-state index contributed by atoms with van der Waals surface area (Å²) in [7, 11) is 0. The molecule has 0 aliphatic carbocycles. The number of carbonyl (C=O) groups excluding carboxylic acids is 1. The zero-order chi connectivity index (χ0) is 34.3. The van der Waals surface area contributed by atoms with E-state index in [1.807, 2.05) is 32.9 Å². The number of aromatic nitrogens is 2. The number of fused-ring (bicyclic) bond motifs is 1. The Morgan fingerprint density at radius 1 is 1.15 bits per heavy atom. The van der Waals surface area contributed by atoms with Crippen LogP contribution in [0, 0.1) is 11.3 Å². The van der Waals surface area contributed by atoms with Crippen molar-refractivity contribution in [3.63, 3.8) is 0 Å². The molecule has 3 atom stereocenters. The Bertz CT molecular complexity index is 1620. The number of carbonyl (C=O) groups is 2. The Kier molecular flexibility index (Phi) is 10.0. The molecule has 2 aromatic heterocycles. The summed E-state index contributed by atoms with van der Waals surface area (Å²) >= 11 is 0. The van der Waals surface area contributed by atoms with Crippen molar-refractivity contribution < 1.29 is 38.1 Å². The summed E-state index contributed by atoms with van der Waals surface area (Å²) in [6.45, 7) is 7.96. The molecule has 47 heavy (non-hydrogen) atoms. The summed E-state index contributed by atoms with van der Waals surface area (Å²) in [6, 6.07) is 8.08. The number of hydrogen-bond donors (Lipinski definition) is 4. The first-order valence-corrected chi connectivity index (χ1v) is 16.1. The van der Waals surface area contributed by atoms with Gasteiger partial charge in [0.15, 0.2) is 0 Å². The summed E-state index contributed by atoms with van der Waals surface area (Å²) in [5.74, 6) is -1.38. The van der Waals surface area contributed by atoms with Gasteiger partial charge in [-0.3, -0.25) is 19.6 Å². The van der Waals surface area contributed by atoms with Gasteiger partial charge in [-0.25, -0.2) is 5.43 Å². The van der Waals surface area contributed by atoms with E-state index in [1.165, 1.54) is 22.7 Å². The van der Waals surface area contributed by atoms with E-state index in [2.05, 4.69) is 15.3 Å². The van der Waals surface area contributed by atoms with Crippen molar-refractivity contribution >= 4 is 22.8 Å². The number of aliphatic carboxylic acids is 1. The van der Waals surface area contributed by atoms with Crippen LogP contribution in [-0.2, 0) is 22.6 Å². The highest BCUT2D eigenvalue weighted by Gasteiger charge is 2.36. The predicted octanol–water partition coefficient (Wildman–Crippen LogP) is 4.50. The van der Waals surface area contributed by atoms with Gasteiger partial charge in [-0.15, -0.1) is 0 Å². The Labute approximate surface area is 272 Å². The fourth-order valence-corrected chi connectivity index (χ4v) is 6.80. The molecule has 0 bridgehead atoms. The molecular formula is C34H44F3N5O5. The first-order valence-electron chi connectivity index (χ1n) is 16.1. The number of nitrogens with zero attached hydrogens (tertiary/aromatic N) is 4. The standard InChI is InChI=1S/C34H44F3N5O5/c1-20(31(45)42-12-6-8-27(39-42)32(46)47)15-40-16-23(17-40)22-9-10-28-25(13-22)26(14-33(3,4)19-43)30(41(28)18-34(35,36)37)24-7-5-11-38-29(24)21(2)44/h5,7,9-11,13,20-21,23,27,39,43-44H,6,8,12,14-19H2,1-4H3,(H,46,47)/t20?,21-,27-/m0/s1. The molecule has 1 aromatic carbocycles. The van der Waals surface area contributed by atoms with Crippen LogP contribution in [0.3, 0.4) is 0 Å². The average molecular weight is 660 g/mol. The predicted molar refractivity (Wildman–Crippen MR) is 170 cm³/mol. The maximum absolute atomic E-state index is 14.1. The van der Waals surface area contributed by atoms with Crippen molar-refractivity contribution in [1.29, 1.82) is 0 Å². The number of aliphatic hydroxyl groups is 2. The Hall–Kier alpha value is -3.52. The molecule has 256 valence electrons. The Morgan fingerprint density at radius 2 is 1.87 bits per heavy atom. The zero-order valence-electron chi connectivity index (χ0n) is 27.2. The maximum Gasteiger partial charge on any atom is 0.406 e. The summed E-state index contributed by atoms with van der Waals surface area (Å²) in [5.41, 5.74) is 5.24. The van der Waals surface area contributed by atoms with Gasteiger partial charge in [0.1, 0.15) is 12.6 Å². The SMILES string of the molecule is CC(CN1CC(c2ccc3c(c2)c(CC(C)(C)CO)c(-c2cccnc2[C@H](C)O)n3CC(F)(F)F)C1)C(=O)N1CCC[C@@H](C(=O)O)N1. The summed E-state index contributed by atoms with van der Waals surface area (Å²) < 4.78 is 43.6. The third kappa shape index (κ3) is 7.64. The number of amides is 1. The number of rotatable bonds is 11. The van der Waals surface area contributed by atoms with Crippen LogP contribution in [0.4, 0.5) is 13.2 Å². The quantitative estimate of drug-likeness (QED) is 0.237. The van der Waals surface area contributed by atoms with Crippen molar-refractivity contribution in [3.8, 4) is 11.3 Å². The monoisotopic (exact) mass is 659 g/mol. The zero-order valence-corrected chi connectivity index (χ0v) is 27.2. The molecule has 1 unspecified atom stereocenters. The summed E-state index contributed by atoms with van der Waals surface area (Å²) in [5, 5.41) is 32.1.